The van der Waals surface area contributed by atoms with Crippen molar-refractivity contribution in [1.29, 1.82) is 0 Å². The van der Waals surface area contributed by atoms with Gasteiger partial charge >= 0.3 is 0 Å². The van der Waals surface area contributed by atoms with Crippen LogP contribution in [0.4, 0.5) is 0 Å². The highest BCUT2D eigenvalue weighted by molar-refractivity contribution is 6.44. The molecule has 0 aliphatic carbocycles. The fourth-order valence-corrected chi connectivity index (χ4v) is 4.70. The fourth-order valence-electron chi connectivity index (χ4n) is 4.06. The van der Waals surface area contributed by atoms with Crippen LogP contribution in [0, 0.1) is 5.41 Å². The van der Waals surface area contributed by atoms with E-state index >= 15 is 0 Å². The molecule has 2 aromatic carbocycles. The predicted molar refractivity (Wildman–Crippen MR) is 144 cm³/mol. The van der Waals surface area contributed by atoms with Crippen molar-refractivity contribution in [3.8, 4) is 17.1 Å². The van der Waals surface area contributed by atoms with Crippen molar-refractivity contribution in [3.05, 3.63) is 74.9 Å². The summed E-state index contributed by atoms with van der Waals surface area (Å²) in [6, 6.07) is 14.5. The number of carbonyl (C=O) groups is 1. The van der Waals surface area contributed by atoms with E-state index in [0.29, 0.717) is 37.9 Å². The quantitative estimate of drug-likeness (QED) is 0.180. The monoisotopic (exact) mass is 534 g/mol. The zero-order valence-corrected chi connectivity index (χ0v) is 22.7. The van der Waals surface area contributed by atoms with Crippen LogP contribution in [-0.2, 0) is 10.2 Å². The summed E-state index contributed by atoms with van der Waals surface area (Å²) in [4.78, 5) is 12.1. The first-order chi connectivity index (χ1) is 16.3. The van der Waals surface area contributed by atoms with Crippen LogP contribution in [0.2, 0.25) is 15.1 Å². The minimum Gasteiger partial charge on any atom is -0.484 e. The molecule has 8 heteroatoms. The maximum Gasteiger partial charge on any atom is 0.277 e. The molecule has 1 amide bonds. The van der Waals surface area contributed by atoms with Gasteiger partial charge in [-0.2, -0.15) is 5.10 Å². The van der Waals surface area contributed by atoms with E-state index in [4.69, 9.17) is 44.0 Å². The highest BCUT2D eigenvalue weighted by Gasteiger charge is 2.27. The van der Waals surface area contributed by atoms with E-state index in [2.05, 4.69) is 45.1 Å². The van der Waals surface area contributed by atoms with Gasteiger partial charge in [0.15, 0.2) is 6.61 Å². The smallest absolute Gasteiger partial charge is 0.277 e. The highest BCUT2D eigenvalue weighted by Crippen LogP contribution is 2.37. The van der Waals surface area contributed by atoms with Gasteiger partial charge < -0.3 is 9.15 Å². The van der Waals surface area contributed by atoms with Crippen LogP contribution in [0.5, 0.6) is 5.75 Å². The Hall–Kier alpha value is -2.47. The molecular weight excluding hydrogens is 507 g/mol. The van der Waals surface area contributed by atoms with Gasteiger partial charge in [0.2, 0.25) is 0 Å². The molecule has 0 unspecified atom stereocenters. The molecule has 0 saturated carbocycles. The molecule has 0 atom stereocenters. The maximum absolute atomic E-state index is 12.1. The van der Waals surface area contributed by atoms with E-state index in [1.165, 1.54) is 11.8 Å². The highest BCUT2D eigenvalue weighted by atomic mass is 35.5. The summed E-state index contributed by atoms with van der Waals surface area (Å²) in [6.07, 6.45) is 2.44. The number of halogens is 3. The molecule has 35 heavy (non-hydrogen) atoms. The van der Waals surface area contributed by atoms with Crippen molar-refractivity contribution in [2.24, 2.45) is 10.5 Å². The molecule has 0 saturated heterocycles. The molecule has 0 radical (unpaired) electrons. The third-order valence-electron chi connectivity index (χ3n) is 5.26. The molecular formula is C27H29Cl3N2O3. The molecule has 3 aromatic rings. The Bertz CT molecular complexity index is 1210. The van der Waals surface area contributed by atoms with Crippen LogP contribution >= 0.6 is 34.8 Å². The van der Waals surface area contributed by atoms with Crippen LogP contribution in [0.15, 0.2) is 58.0 Å². The molecule has 0 aliphatic heterocycles. The number of hydrogen-bond acceptors (Lipinski definition) is 4. The summed E-state index contributed by atoms with van der Waals surface area (Å²) in [7, 11) is 0. The molecule has 5 nitrogen and oxygen atoms in total. The van der Waals surface area contributed by atoms with Gasteiger partial charge in [0.25, 0.3) is 5.91 Å². The zero-order valence-electron chi connectivity index (χ0n) is 20.4. The van der Waals surface area contributed by atoms with Gasteiger partial charge in [0.1, 0.15) is 17.3 Å². The van der Waals surface area contributed by atoms with E-state index in [-0.39, 0.29) is 17.4 Å². The van der Waals surface area contributed by atoms with Gasteiger partial charge in [-0.05, 0) is 59.2 Å². The first kappa shape index (κ1) is 27.1. The van der Waals surface area contributed by atoms with Crippen molar-refractivity contribution < 1.29 is 13.9 Å². The van der Waals surface area contributed by atoms with Crippen LogP contribution in [0.3, 0.4) is 0 Å². The first-order valence-electron chi connectivity index (χ1n) is 11.1. The minimum absolute atomic E-state index is 0.0414. The number of nitrogens with one attached hydrogen (secondary N) is 1. The summed E-state index contributed by atoms with van der Waals surface area (Å²) >= 11 is 18.3. The number of ether oxygens (including phenoxy) is 1. The average molecular weight is 536 g/mol. The predicted octanol–water partition coefficient (Wildman–Crippen LogP) is 8.15. The summed E-state index contributed by atoms with van der Waals surface area (Å²) in [6.45, 7) is 11.0. The summed E-state index contributed by atoms with van der Waals surface area (Å²) in [5.74, 6) is 1.15. The number of carbonyl (C=O) groups excluding carboxylic acids is 1. The van der Waals surface area contributed by atoms with Gasteiger partial charge in [0.05, 0.1) is 21.3 Å². The summed E-state index contributed by atoms with van der Waals surface area (Å²) < 4.78 is 11.3. The topological polar surface area (TPSA) is 63.8 Å². The molecule has 0 fully saturated rings. The number of amides is 1. The third kappa shape index (κ3) is 7.76. The SMILES string of the molecule is CC(C)(C)CC(C)(C)c1ccc(OCC(=O)N/N=C\c2ccc(-c3cc(Cl)c(Cl)cc3Cl)o2)cc1. The van der Waals surface area contributed by atoms with Crippen LogP contribution in [0.1, 0.15) is 52.4 Å². The number of benzene rings is 2. The molecule has 0 spiro atoms. The van der Waals surface area contributed by atoms with Gasteiger partial charge in [-0.25, -0.2) is 5.43 Å². The van der Waals surface area contributed by atoms with Crippen molar-refractivity contribution in [3.63, 3.8) is 0 Å². The summed E-state index contributed by atoms with van der Waals surface area (Å²) in [5, 5.41) is 5.06. The lowest BCUT2D eigenvalue weighted by atomic mass is 9.72. The molecule has 1 N–H and O–H groups in total. The van der Waals surface area contributed by atoms with Crippen molar-refractivity contribution >= 4 is 46.9 Å². The fraction of sp³-hybridized carbons (Fsp3) is 0.333. The second-order valence-electron chi connectivity index (χ2n) is 10.2. The lowest BCUT2D eigenvalue weighted by molar-refractivity contribution is -0.123. The second-order valence-corrected chi connectivity index (χ2v) is 11.4. The normalized spacial score (nSPS) is 12.2. The van der Waals surface area contributed by atoms with Crippen LogP contribution in [0.25, 0.3) is 11.3 Å². The van der Waals surface area contributed by atoms with Gasteiger partial charge in [-0.15, -0.1) is 0 Å². The maximum atomic E-state index is 12.1. The minimum atomic E-state index is -0.391. The average Bonchev–Trinajstić information content (AvgIpc) is 3.22. The Morgan fingerprint density at radius 3 is 2.29 bits per heavy atom. The van der Waals surface area contributed by atoms with Crippen LogP contribution in [-0.4, -0.2) is 18.7 Å². The molecule has 186 valence electrons. The van der Waals surface area contributed by atoms with Crippen molar-refractivity contribution in [2.75, 3.05) is 6.61 Å². The van der Waals surface area contributed by atoms with E-state index in [0.717, 1.165) is 6.42 Å². The molecule has 0 aliphatic rings. The lowest BCUT2D eigenvalue weighted by Gasteiger charge is -2.33. The Balaban J connectivity index is 1.51. The second kappa shape index (κ2) is 11.1. The standard InChI is InChI=1S/C27H29Cl3N2O3/c1-26(2,3)16-27(4,5)17-6-8-18(9-7-17)34-15-25(33)32-31-14-19-10-11-24(35-19)20-12-22(29)23(30)13-21(20)28/h6-14H,15-16H2,1-5H3,(H,32,33)/b31-14-. The van der Waals surface area contributed by atoms with E-state index in [1.807, 2.05) is 24.3 Å². The van der Waals surface area contributed by atoms with Gasteiger partial charge in [-0.1, -0.05) is 81.6 Å². The zero-order chi connectivity index (χ0) is 25.8. The Kier molecular flexibility index (Phi) is 8.58. The number of nitrogens with zero attached hydrogens (tertiary/aromatic N) is 1. The number of hydrazone groups is 1. The molecule has 1 aromatic heterocycles. The summed E-state index contributed by atoms with van der Waals surface area (Å²) in [5.41, 5.74) is 4.52. The number of hydrogen-bond donors (Lipinski definition) is 1. The van der Waals surface area contributed by atoms with Crippen LogP contribution < -0.4 is 10.2 Å². The van der Waals surface area contributed by atoms with E-state index in [9.17, 15) is 4.79 Å². The van der Waals surface area contributed by atoms with E-state index in [1.54, 1.807) is 24.3 Å². The molecule has 0 bridgehead atoms. The largest absolute Gasteiger partial charge is 0.484 e. The Labute approximate surface area is 221 Å². The van der Waals surface area contributed by atoms with Crippen molar-refractivity contribution in [2.45, 2.75) is 46.5 Å². The van der Waals surface area contributed by atoms with E-state index < -0.39 is 5.91 Å². The lowest BCUT2D eigenvalue weighted by Crippen LogP contribution is -2.25. The Morgan fingerprint density at radius 1 is 0.971 bits per heavy atom. The van der Waals surface area contributed by atoms with Gasteiger partial charge in [-0.3, -0.25) is 4.79 Å². The van der Waals surface area contributed by atoms with Gasteiger partial charge in [0, 0.05) is 5.56 Å². The molecule has 3 rings (SSSR count). The number of furan rings is 1. The number of rotatable bonds is 8. The molecule has 1 heterocycles. The Morgan fingerprint density at radius 2 is 1.63 bits per heavy atom. The van der Waals surface area contributed by atoms with Crippen molar-refractivity contribution in [1.82, 2.24) is 5.43 Å². The first-order valence-corrected chi connectivity index (χ1v) is 12.3. The third-order valence-corrected chi connectivity index (χ3v) is 6.30.